The third-order valence-electron chi connectivity index (χ3n) is 2.45. The van der Waals surface area contributed by atoms with E-state index in [1.165, 1.54) is 6.42 Å². The molecule has 1 rings (SSSR count). The normalized spacial score (nSPS) is 31.4. The second-order valence-corrected chi connectivity index (χ2v) is 3.37. The minimum absolute atomic E-state index is 0.227. The Balaban J connectivity index is 2.36. The van der Waals surface area contributed by atoms with E-state index < -0.39 is 0 Å². The maximum Gasteiger partial charge on any atom is 0.141 e. The van der Waals surface area contributed by atoms with E-state index in [4.69, 9.17) is 15.7 Å². The lowest BCUT2D eigenvalue weighted by molar-refractivity contribution is 0.00577. The van der Waals surface area contributed by atoms with Crippen LogP contribution in [0.1, 0.15) is 26.2 Å². The Hall–Kier alpha value is -0.590. The molecular weight excluding hydrogens is 152 g/mol. The number of nitrogens with zero attached hydrogens (tertiary/aromatic N) is 1. The van der Waals surface area contributed by atoms with Gasteiger partial charge in [-0.05, 0) is 32.2 Å². The number of rotatable bonds is 3. The van der Waals surface area contributed by atoms with Gasteiger partial charge in [-0.3, -0.25) is 0 Å². The summed E-state index contributed by atoms with van der Waals surface area (Å²) in [5, 5.41) is 8.55. The van der Waals surface area contributed by atoms with Crippen molar-refractivity contribution in [1.29, 1.82) is 5.26 Å². The third kappa shape index (κ3) is 2.20. The monoisotopic (exact) mass is 168 g/mol. The van der Waals surface area contributed by atoms with Crippen molar-refractivity contribution < 1.29 is 4.74 Å². The van der Waals surface area contributed by atoms with E-state index in [2.05, 4.69) is 6.07 Å². The zero-order valence-electron chi connectivity index (χ0n) is 7.49. The lowest BCUT2D eigenvalue weighted by Crippen LogP contribution is -2.28. The Morgan fingerprint density at radius 1 is 1.67 bits per heavy atom. The summed E-state index contributed by atoms with van der Waals surface area (Å²) in [5.41, 5.74) is 5.58. The molecule has 0 spiro atoms. The Labute approximate surface area is 73.5 Å². The molecule has 1 fully saturated rings. The van der Waals surface area contributed by atoms with Gasteiger partial charge in [0.05, 0.1) is 12.2 Å². The Bertz CT molecular complexity index is 176. The molecule has 0 amide bonds. The number of hydrogen-bond donors (Lipinski definition) is 1. The summed E-state index contributed by atoms with van der Waals surface area (Å²) in [6.45, 7) is 2.47. The van der Waals surface area contributed by atoms with Gasteiger partial charge in [0.25, 0.3) is 0 Å². The summed E-state index contributed by atoms with van der Waals surface area (Å²) in [5.74, 6) is 0.473. The van der Waals surface area contributed by atoms with Gasteiger partial charge < -0.3 is 10.5 Å². The summed E-state index contributed by atoms with van der Waals surface area (Å²) in [6, 6.07) is 2.07. The molecular formula is C9H16N2O. The van der Waals surface area contributed by atoms with Gasteiger partial charge in [0.2, 0.25) is 0 Å². The lowest BCUT2D eigenvalue weighted by atomic mass is 10.1. The molecule has 3 heteroatoms. The zero-order chi connectivity index (χ0) is 8.97. The number of ether oxygens (including phenoxy) is 1. The van der Waals surface area contributed by atoms with E-state index >= 15 is 0 Å². The number of nitriles is 1. The van der Waals surface area contributed by atoms with Crippen LogP contribution >= 0.6 is 0 Å². The molecule has 1 saturated carbocycles. The fourth-order valence-electron chi connectivity index (χ4n) is 1.74. The molecule has 0 aliphatic heterocycles. The predicted molar refractivity (Wildman–Crippen MR) is 46.3 cm³/mol. The van der Waals surface area contributed by atoms with E-state index in [1.807, 2.05) is 0 Å². The molecule has 0 bridgehead atoms. The first-order valence-corrected chi connectivity index (χ1v) is 4.53. The minimum Gasteiger partial charge on any atom is -0.360 e. The quantitative estimate of drug-likeness (QED) is 0.685. The fourth-order valence-corrected chi connectivity index (χ4v) is 1.74. The van der Waals surface area contributed by atoms with Crippen LogP contribution < -0.4 is 5.73 Å². The average Bonchev–Trinajstić information content (AvgIpc) is 2.51. The smallest absolute Gasteiger partial charge is 0.141 e. The maximum absolute atomic E-state index is 8.55. The highest BCUT2D eigenvalue weighted by atomic mass is 16.5. The van der Waals surface area contributed by atoms with Crippen LogP contribution in [0, 0.1) is 17.2 Å². The Morgan fingerprint density at radius 3 is 3.00 bits per heavy atom. The molecule has 0 saturated heterocycles. The summed E-state index contributed by atoms with van der Waals surface area (Å²) in [7, 11) is 0. The van der Waals surface area contributed by atoms with Crippen LogP contribution in [0.3, 0.4) is 0 Å². The van der Waals surface area contributed by atoms with Gasteiger partial charge in [0, 0.05) is 0 Å². The molecule has 2 N–H and O–H groups in total. The third-order valence-corrected chi connectivity index (χ3v) is 2.45. The van der Waals surface area contributed by atoms with Crippen molar-refractivity contribution in [3.05, 3.63) is 0 Å². The van der Waals surface area contributed by atoms with Crippen molar-refractivity contribution in [3.8, 4) is 6.07 Å². The highest BCUT2D eigenvalue weighted by molar-refractivity contribution is 4.85. The highest BCUT2D eigenvalue weighted by Crippen LogP contribution is 2.27. The summed E-state index contributed by atoms with van der Waals surface area (Å²) >= 11 is 0. The Kier molecular flexibility index (Phi) is 3.51. The van der Waals surface area contributed by atoms with Gasteiger partial charge in [-0.25, -0.2) is 0 Å². The predicted octanol–water partition coefficient (Wildman–Crippen LogP) is 1.04. The first-order valence-electron chi connectivity index (χ1n) is 4.53. The summed E-state index contributed by atoms with van der Waals surface area (Å²) in [6.07, 6.45) is 3.34. The van der Waals surface area contributed by atoms with E-state index in [0.29, 0.717) is 12.5 Å². The largest absolute Gasteiger partial charge is 0.360 e. The standard InChI is InChI=1S/C9H16N2O/c1-7(5-10)12-9-4-2-3-8(9)6-11/h7-9H,2-4,6,11H2,1H3. The molecule has 0 aromatic heterocycles. The highest BCUT2D eigenvalue weighted by Gasteiger charge is 2.27. The second kappa shape index (κ2) is 4.44. The molecule has 1 aliphatic rings. The summed E-state index contributed by atoms with van der Waals surface area (Å²) < 4.78 is 5.52. The second-order valence-electron chi connectivity index (χ2n) is 3.37. The fraction of sp³-hybridized carbons (Fsp3) is 0.889. The van der Waals surface area contributed by atoms with Crippen molar-refractivity contribution in [2.24, 2.45) is 11.7 Å². The SMILES string of the molecule is CC(C#N)OC1CCCC1CN. The first kappa shape index (κ1) is 9.50. The van der Waals surface area contributed by atoms with Crippen molar-refractivity contribution in [3.63, 3.8) is 0 Å². The van der Waals surface area contributed by atoms with Crippen LogP contribution in [0.4, 0.5) is 0 Å². The van der Waals surface area contributed by atoms with Crippen molar-refractivity contribution in [2.75, 3.05) is 6.54 Å². The van der Waals surface area contributed by atoms with E-state index in [-0.39, 0.29) is 12.2 Å². The van der Waals surface area contributed by atoms with E-state index in [1.54, 1.807) is 6.92 Å². The average molecular weight is 168 g/mol. The molecule has 0 heterocycles. The first-order chi connectivity index (χ1) is 5.77. The molecule has 0 aromatic rings. The van der Waals surface area contributed by atoms with Gasteiger partial charge in [-0.1, -0.05) is 6.42 Å². The molecule has 68 valence electrons. The molecule has 12 heavy (non-hydrogen) atoms. The van der Waals surface area contributed by atoms with Crippen LogP contribution in [-0.4, -0.2) is 18.8 Å². The molecule has 3 nitrogen and oxygen atoms in total. The van der Waals surface area contributed by atoms with Crippen molar-refractivity contribution in [1.82, 2.24) is 0 Å². The van der Waals surface area contributed by atoms with Crippen LogP contribution in [0.5, 0.6) is 0 Å². The van der Waals surface area contributed by atoms with Crippen LogP contribution in [0.25, 0.3) is 0 Å². The van der Waals surface area contributed by atoms with Crippen molar-refractivity contribution >= 4 is 0 Å². The van der Waals surface area contributed by atoms with Crippen LogP contribution in [-0.2, 0) is 4.74 Å². The van der Waals surface area contributed by atoms with E-state index in [9.17, 15) is 0 Å². The molecule has 1 aliphatic carbocycles. The van der Waals surface area contributed by atoms with Gasteiger partial charge >= 0.3 is 0 Å². The van der Waals surface area contributed by atoms with Crippen LogP contribution in [0.15, 0.2) is 0 Å². The van der Waals surface area contributed by atoms with E-state index in [0.717, 1.165) is 12.8 Å². The molecule has 0 aromatic carbocycles. The zero-order valence-corrected chi connectivity index (χ0v) is 7.49. The molecule has 0 radical (unpaired) electrons. The van der Waals surface area contributed by atoms with Crippen LogP contribution in [0.2, 0.25) is 0 Å². The molecule has 3 unspecified atom stereocenters. The maximum atomic E-state index is 8.55. The van der Waals surface area contributed by atoms with Crippen molar-refractivity contribution in [2.45, 2.75) is 38.4 Å². The van der Waals surface area contributed by atoms with Gasteiger partial charge in [0.1, 0.15) is 6.10 Å². The number of nitrogens with two attached hydrogens (primary N) is 1. The van der Waals surface area contributed by atoms with Gasteiger partial charge in [-0.15, -0.1) is 0 Å². The molecule has 3 atom stereocenters. The Morgan fingerprint density at radius 2 is 2.42 bits per heavy atom. The van der Waals surface area contributed by atoms with Gasteiger partial charge in [-0.2, -0.15) is 5.26 Å². The number of hydrogen-bond acceptors (Lipinski definition) is 3. The van der Waals surface area contributed by atoms with Gasteiger partial charge in [0.15, 0.2) is 0 Å². The summed E-state index contributed by atoms with van der Waals surface area (Å²) in [4.78, 5) is 0. The topological polar surface area (TPSA) is 59.0 Å². The minimum atomic E-state index is -0.290. The lowest BCUT2D eigenvalue weighted by Gasteiger charge is -2.19.